The van der Waals surface area contributed by atoms with Gasteiger partial charge in [0.25, 0.3) is 0 Å². The third kappa shape index (κ3) is 1.61. The maximum atomic E-state index is 10.8. The Morgan fingerprint density at radius 1 is 1.31 bits per heavy atom. The molecule has 13 heavy (non-hydrogen) atoms. The van der Waals surface area contributed by atoms with Crippen LogP contribution < -0.4 is 0 Å². The van der Waals surface area contributed by atoms with E-state index in [1.807, 2.05) is 0 Å². The first kappa shape index (κ1) is 9.89. The van der Waals surface area contributed by atoms with Gasteiger partial charge in [0.1, 0.15) is 12.6 Å². The van der Waals surface area contributed by atoms with Crippen LogP contribution in [-0.4, -0.2) is 23.6 Å². The van der Waals surface area contributed by atoms with Gasteiger partial charge >= 0.3 is 5.97 Å². The number of hydrogen-bond acceptors (Lipinski definition) is 3. The molecule has 1 aliphatic rings. The van der Waals surface area contributed by atoms with Crippen LogP contribution in [0.25, 0.3) is 0 Å². The number of aldehydes is 2. The van der Waals surface area contributed by atoms with E-state index in [1.54, 1.807) is 0 Å². The summed E-state index contributed by atoms with van der Waals surface area (Å²) in [7, 11) is 0. The fourth-order valence-electron chi connectivity index (χ4n) is 1.89. The Bertz CT molecular complexity index is 226. The Labute approximate surface area is 75.9 Å². The summed E-state index contributed by atoms with van der Waals surface area (Å²) in [5, 5.41) is 8.82. The molecule has 0 amide bonds. The molecular weight excluding hydrogens is 172 g/mol. The minimum atomic E-state index is -1.26. The van der Waals surface area contributed by atoms with Crippen LogP contribution in [-0.2, 0) is 14.4 Å². The van der Waals surface area contributed by atoms with Gasteiger partial charge in [0.05, 0.1) is 11.3 Å². The molecule has 4 nitrogen and oxygen atoms in total. The lowest BCUT2D eigenvalue weighted by Gasteiger charge is -2.32. The second-order valence-electron chi connectivity index (χ2n) is 3.48. The summed E-state index contributed by atoms with van der Waals surface area (Å²) in [6.45, 7) is 0. The summed E-state index contributed by atoms with van der Waals surface area (Å²) in [5.41, 5.74) is -1.26. The highest BCUT2D eigenvalue weighted by molar-refractivity contribution is 5.91. The number of carboxylic acid groups (broad SMARTS) is 1. The molecule has 1 unspecified atom stereocenters. The van der Waals surface area contributed by atoms with Crippen molar-refractivity contribution in [1.82, 2.24) is 0 Å². The van der Waals surface area contributed by atoms with Gasteiger partial charge in [-0.3, -0.25) is 4.79 Å². The third-order valence-electron chi connectivity index (χ3n) is 2.74. The first-order valence-corrected chi connectivity index (χ1v) is 4.32. The number of carbonyl (C=O) groups excluding carboxylic acids is 2. The van der Waals surface area contributed by atoms with Crippen molar-refractivity contribution in [1.29, 1.82) is 0 Å². The van der Waals surface area contributed by atoms with Crippen molar-refractivity contribution in [2.24, 2.45) is 11.3 Å². The summed E-state index contributed by atoms with van der Waals surface area (Å²) in [5.74, 6) is -1.87. The van der Waals surface area contributed by atoms with Gasteiger partial charge in [-0.05, 0) is 12.8 Å². The normalized spacial score (nSPS) is 26.3. The van der Waals surface area contributed by atoms with E-state index < -0.39 is 17.3 Å². The quantitative estimate of drug-likeness (QED) is 0.516. The molecule has 0 bridgehead atoms. The molecule has 1 rings (SSSR count). The molecule has 0 aromatic carbocycles. The van der Waals surface area contributed by atoms with Crippen LogP contribution in [0.3, 0.4) is 0 Å². The molecule has 0 aromatic rings. The standard InChI is InChI=1S/C9H12O4/c10-5-9(6-11)4-2-1-3-7(9)8(12)13/h5-7H,1-4H2,(H,12,13). The maximum Gasteiger partial charge on any atom is 0.307 e. The van der Waals surface area contributed by atoms with E-state index in [1.165, 1.54) is 0 Å². The molecule has 0 aliphatic heterocycles. The SMILES string of the molecule is O=CC1(C=O)CCCCC1C(=O)O. The predicted octanol–water partition coefficient (Wildman–Crippen LogP) is 0.645. The molecule has 0 spiro atoms. The number of hydrogen-bond donors (Lipinski definition) is 1. The van der Waals surface area contributed by atoms with Crippen molar-refractivity contribution in [3.05, 3.63) is 0 Å². The van der Waals surface area contributed by atoms with Gasteiger partial charge in [-0.25, -0.2) is 0 Å². The predicted molar refractivity (Wildman–Crippen MR) is 44.2 cm³/mol. The van der Waals surface area contributed by atoms with Crippen LogP contribution >= 0.6 is 0 Å². The zero-order valence-electron chi connectivity index (χ0n) is 7.23. The Hall–Kier alpha value is -1.19. The summed E-state index contributed by atoms with van der Waals surface area (Å²) in [4.78, 5) is 32.2. The van der Waals surface area contributed by atoms with E-state index in [0.29, 0.717) is 25.4 Å². The van der Waals surface area contributed by atoms with Crippen LogP contribution in [0.2, 0.25) is 0 Å². The van der Waals surface area contributed by atoms with Gasteiger partial charge in [0, 0.05) is 0 Å². The molecule has 1 N–H and O–H groups in total. The van der Waals surface area contributed by atoms with E-state index in [9.17, 15) is 14.4 Å². The van der Waals surface area contributed by atoms with Crippen molar-refractivity contribution in [3.63, 3.8) is 0 Å². The lowest BCUT2D eigenvalue weighted by molar-refractivity contribution is -0.154. The zero-order valence-corrected chi connectivity index (χ0v) is 7.23. The van der Waals surface area contributed by atoms with Gasteiger partial charge in [-0.15, -0.1) is 0 Å². The minimum Gasteiger partial charge on any atom is -0.481 e. The molecular formula is C9H12O4. The van der Waals surface area contributed by atoms with E-state index in [4.69, 9.17) is 5.11 Å². The second-order valence-corrected chi connectivity index (χ2v) is 3.48. The van der Waals surface area contributed by atoms with Gasteiger partial charge < -0.3 is 14.7 Å². The molecule has 0 heterocycles. The van der Waals surface area contributed by atoms with E-state index in [2.05, 4.69) is 0 Å². The van der Waals surface area contributed by atoms with Crippen LogP contribution in [0, 0.1) is 11.3 Å². The molecule has 0 aromatic heterocycles. The molecule has 1 atom stereocenters. The Balaban J connectivity index is 2.94. The average molecular weight is 184 g/mol. The zero-order chi connectivity index (χ0) is 9.90. The number of carbonyl (C=O) groups is 3. The monoisotopic (exact) mass is 184 g/mol. The molecule has 1 aliphatic carbocycles. The average Bonchev–Trinajstić information content (AvgIpc) is 2.17. The Morgan fingerprint density at radius 2 is 1.92 bits per heavy atom. The van der Waals surface area contributed by atoms with Gasteiger partial charge in [0.2, 0.25) is 0 Å². The fourth-order valence-corrected chi connectivity index (χ4v) is 1.89. The first-order valence-electron chi connectivity index (χ1n) is 4.32. The van der Waals surface area contributed by atoms with Gasteiger partial charge in [-0.2, -0.15) is 0 Å². The summed E-state index contributed by atoms with van der Waals surface area (Å²) in [6.07, 6.45) is 3.32. The first-order chi connectivity index (χ1) is 6.16. The fraction of sp³-hybridized carbons (Fsp3) is 0.667. The van der Waals surface area contributed by atoms with Crippen LogP contribution in [0.5, 0.6) is 0 Å². The van der Waals surface area contributed by atoms with Crippen molar-refractivity contribution in [2.45, 2.75) is 25.7 Å². The van der Waals surface area contributed by atoms with Gasteiger partial charge in [-0.1, -0.05) is 12.8 Å². The molecule has 1 saturated carbocycles. The van der Waals surface area contributed by atoms with Crippen molar-refractivity contribution in [2.75, 3.05) is 0 Å². The highest BCUT2D eigenvalue weighted by Gasteiger charge is 2.44. The van der Waals surface area contributed by atoms with E-state index in [0.717, 1.165) is 12.8 Å². The number of rotatable bonds is 3. The summed E-state index contributed by atoms with van der Waals surface area (Å²) >= 11 is 0. The second kappa shape index (κ2) is 3.68. The topological polar surface area (TPSA) is 71.4 Å². The van der Waals surface area contributed by atoms with Crippen LogP contribution in [0.15, 0.2) is 0 Å². The number of aliphatic carboxylic acids is 1. The Morgan fingerprint density at radius 3 is 2.31 bits per heavy atom. The Kier molecular flexibility index (Phi) is 2.80. The highest BCUT2D eigenvalue weighted by atomic mass is 16.4. The van der Waals surface area contributed by atoms with E-state index >= 15 is 0 Å². The third-order valence-corrected chi connectivity index (χ3v) is 2.74. The van der Waals surface area contributed by atoms with Gasteiger partial charge in [0.15, 0.2) is 0 Å². The molecule has 4 heteroatoms. The molecule has 1 fully saturated rings. The van der Waals surface area contributed by atoms with Crippen molar-refractivity contribution >= 4 is 18.5 Å². The summed E-state index contributed by atoms with van der Waals surface area (Å²) in [6, 6.07) is 0. The van der Waals surface area contributed by atoms with Crippen molar-refractivity contribution in [3.8, 4) is 0 Å². The smallest absolute Gasteiger partial charge is 0.307 e. The van der Waals surface area contributed by atoms with E-state index in [-0.39, 0.29) is 0 Å². The minimum absolute atomic E-state index is 0.372. The summed E-state index contributed by atoms with van der Waals surface area (Å²) < 4.78 is 0. The molecule has 0 radical (unpaired) electrons. The lowest BCUT2D eigenvalue weighted by Crippen LogP contribution is -2.41. The molecule has 0 saturated heterocycles. The maximum absolute atomic E-state index is 10.8. The largest absolute Gasteiger partial charge is 0.481 e. The number of carboxylic acids is 1. The van der Waals surface area contributed by atoms with Crippen molar-refractivity contribution < 1.29 is 19.5 Å². The lowest BCUT2D eigenvalue weighted by atomic mass is 9.68. The molecule has 72 valence electrons. The van der Waals surface area contributed by atoms with Crippen LogP contribution in [0.4, 0.5) is 0 Å². The van der Waals surface area contributed by atoms with Crippen LogP contribution in [0.1, 0.15) is 25.7 Å². The highest BCUT2D eigenvalue weighted by Crippen LogP contribution is 2.38.